The SMILES string of the molecule is CC(C)c1cnc(N2CC(O)(CC#N)C2)c2cnc(Nc3ccnc(N4CC[C@@H](O)[C@@](C)(F)C4)n3)cc12. The molecule has 0 spiro atoms. The number of piperidine rings is 1. The topological polar surface area (TPSA) is 134 Å². The van der Waals surface area contributed by atoms with E-state index in [1.165, 1.54) is 6.92 Å². The fourth-order valence-electron chi connectivity index (χ4n) is 5.00. The number of anilines is 4. The summed E-state index contributed by atoms with van der Waals surface area (Å²) in [5.41, 5.74) is -1.68. The van der Waals surface area contributed by atoms with Gasteiger partial charge in [0.25, 0.3) is 0 Å². The van der Waals surface area contributed by atoms with Gasteiger partial charge in [0.2, 0.25) is 5.95 Å². The van der Waals surface area contributed by atoms with E-state index in [9.17, 15) is 14.6 Å². The lowest BCUT2D eigenvalue weighted by atomic mass is 9.90. The highest BCUT2D eigenvalue weighted by molar-refractivity contribution is 5.96. The summed E-state index contributed by atoms with van der Waals surface area (Å²) < 4.78 is 14.7. The Kier molecular flexibility index (Phi) is 6.33. The molecule has 2 saturated heterocycles. The standard InChI is InChI=1S/C26H31FN8O2/c1-16(2)18-11-31-23(35-14-26(37,15-35)6-7-28)19-12-30-22(10-17(18)19)32-21-4-8-29-24(33-21)34-9-5-20(36)25(3,27)13-34/h4,8,10-12,16,20,36-37H,5-6,9,13-15H2,1-3H3,(H,29,30,32,33)/t20-,25+/m1/s1. The smallest absolute Gasteiger partial charge is 0.227 e. The van der Waals surface area contributed by atoms with Crippen LogP contribution in [0.25, 0.3) is 10.8 Å². The van der Waals surface area contributed by atoms with E-state index >= 15 is 0 Å². The summed E-state index contributed by atoms with van der Waals surface area (Å²) in [7, 11) is 0. The number of aromatic nitrogens is 4. The first-order valence-electron chi connectivity index (χ1n) is 12.4. The Morgan fingerprint density at radius 3 is 2.65 bits per heavy atom. The number of aliphatic hydroxyl groups excluding tert-OH is 1. The van der Waals surface area contributed by atoms with E-state index < -0.39 is 17.4 Å². The largest absolute Gasteiger partial charge is 0.390 e. The van der Waals surface area contributed by atoms with Crippen LogP contribution in [0.2, 0.25) is 0 Å². The van der Waals surface area contributed by atoms with E-state index in [2.05, 4.69) is 39.1 Å². The van der Waals surface area contributed by atoms with Crippen molar-refractivity contribution in [3.63, 3.8) is 0 Å². The highest BCUT2D eigenvalue weighted by atomic mass is 19.1. The molecule has 5 heterocycles. The number of nitriles is 1. The monoisotopic (exact) mass is 506 g/mol. The van der Waals surface area contributed by atoms with E-state index in [-0.39, 0.29) is 18.9 Å². The van der Waals surface area contributed by atoms with Gasteiger partial charge >= 0.3 is 0 Å². The van der Waals surface area contributed by atoms with E-state index in [4.69, 9.17) is 5.26 Å². The van der Waals surface area contributed by atoms with E-state index in [0.717, 1.165) is 22.2 Å². The third-order valence-corrected chi connectivity index (χ3v) is 7.13. The van der Waals surface area contributed by atoms with Crippen molar-refractivity contribution in [2.45, 2.75) is 56.9 Å². The summed E-state index contributed by atoms with van der Waals surface area (Å²) in [6, 6.07) is 5.72. The summed E-state index contributed by atoms with van der Waals surface area (Å²) in [4.78, 5) is 21.8. The summed E-state index contributed by atoms with van der Waals surface area (Å²) in [5, 5.41) is 34.4. The number of nitrogens with zero attached hydrogens (tertiary/aromatic N) is 7. The Hall–Kier alpha value is -3.62. The Morgan fingerprint density at radius 1 is 1.16 bits per heavy atom. The molecule has 11 heteroatoms. The number of halogens is 1. The molecule has 2 aliphatic heterocycles. The number of hydrogen-bond donors (Lipinski definition) is 3. The number of β-amino-alcohol motifs (C(OH)–C–C–N with tert-alkyl or cyclic N) is 1. The zero-order chi connectivity index (χ0) is 26.4. The number of alkyl halides is 1. The van der Waals surface area contributed by atoms with Gasteiger partial charge in [0.1, 0.15) is 23.1 Å². The summed E-state index contributed by atoms with van der Waals surface area (Å²) in [5.74, 6) is 2.45. The predicted molar refractivity (Wildman–Crippen MR) is 139 cm³/mol. The second-order valence-corrected chi connectivity index (χ2v) is 10.6. The van der Waals surface area contributed by atoms with E-state index in [1.54, 1.807) is 23.4 Å². The maximum Gasteiger partial charge on any atom is 0.227 e. The van der Waals surface area contributed by atoms with Crippen LogP contribution in [0, 0.1) is 11.3 Å². The van der Waals surface area contributed by atoms with Crippen molar-refractivity contribution in [3.8, 4) is 6.07 Å². The van der Waals surface area contributed by atoms with Crippen molar-refractivity contribution < 1.29 is 14.6 Å². The summed E-state index contributed by atoms with van der Waals surface area (Å²) >= 11 is 0. The molecule has 2 aliphatic rings. The minimum absolute atomic E-state index is 0.0133. The molecule has 10 nitrogen and oxygen atoms in total. The number of rotatable bonds is 6. The predicted octanol–water partition coefficient (Wildman–Crippen LogP) is 3.05. The van der Waals surface area contributed by atoms with Crippen LogP contribution in [0.4, 0.5) is 27.8 Å². The fourth-order valence-corrected chi connectivity index (χ4v) is 5.00. The van der Waals surface area contributed by atoms with Gasteiger partial charge in [0.05, 0.1) is 38.2 Å². The molecule has 0 unspecified atom stereocenters. The first-order valence-corrected chi connectivity index (χ1v) is 12.4. The molecule has 0 aromatic carbocycles. The number of fused-ring (bicyclic) bond motifs is 1. The van der Waals surface area contributed by atoms with Crippen LogP contribution in [-0.4, -0.2) is 73.7 Å². The third kappa shape index (κ3) is 4.86. The molecular formula is C26H31FN8O2. The summed E-state index contributed by atoms with van der Waals surface area (Å²) in [6.07, 6.45) is 4.62. The number of pyridine rings is 2. The maximum atomic E-state index is 14.7. The molecule has 0 radical (unpaired) electrons. The maximum absolute atomic E-state index is 14.7. The number of hydrogen-bond acceptors (Lipinski definition) is 10. The first-order chi connectivity index (χ1) is 17.6. The Labute approximate surface area is 214 Å². The quantitative estimate of drug-likeness (QED) is 0.458. The summed E-state index contributed by atoms with van der Waals surface area (Å²) in [6.45, 7) is 6.77. The van der Waals surface area contributed by atoms with Gasteiger partial charge in [-0.1, -0.05) is 13.8 Å². The second-order valence-electron chi connectivity index (χ2n) is 10.6. The van der Waals surface area contributed by atoms with Gasteiger partial charge in [0, 0.05) is 30.5 Å². The normalized spacial score (nSPS) is 23.1. The lowest BCUT2D eigenvalue weighted by Gasteiger charge is -2.46. The van der Waals surface area contributed by atoms with Crippen LogP contribution in [0.1, 0.15) is 45.1 Å². The van der Waals surface area contributed by atoms with Crippen molar-refractivity contribution in [2.75, 3.05) is 41.3 Å². The molecule has 0 aliphatic carbocycles. The minimum Gasteiger partial charge on any atom is -0.390 e. The Bertz CT molecular complexity index is 1350. The van der Waals surface area contributed by atoms with Crippen molar-refractivity contribution in [1.29, 1.82) is 5.26 Å². The number of aliphatic hydroxyl groups is 2. The fraction of sp³-hybridized carbons (Fsp3) is 0.500. The third-order valence-electron chi connectivity index (χ3n) is 7.13. The molecule has 0 bridgehead atoms. The lowest BCUT2D eigenvalue weighted by molar-refractivity contribution is -0.00860. The molecule has 0 saturated carbocycles. The van der Waals surface area contributed by atoms with Gasteiger partial charge < -0.3 is 25.3 Å². The zero-order valence-electron chi connectivity index (χ0n) is 21.2. The first kappa shape index (κ1) is 25.0. The van der Waals surface area contributed by atoms with Gasteiger partial charge in [0.15, 0.2) is 5.67 Å². The average molecular weight is 507 g/mol. The molecule has 2 atom stereocenters. The molecule has 3 aromatic heterocycles. The molecule has 3 aromatic rings. The van der Waals surface area contributed by atoms with Crippen LogP contribution in [0.15, 0.2) is 30.7 Å². The van der Waals surface area contributed by atoms with Crippen molar-refractivity contribution in [2.24, 2.45) is 0 Å². The van der Waals surface area contributed by atoms with Gasteiger partial charge in [-0.15, -0.1) is 0 Å². The Morgan fingerprint density at radius 2 is 1.95 bits per heavy atom. The zero-order valence-corrected chi connectivity index (χ0v) is 21.2. The van der Waals surface area contributed by atoms with Crippen LogP contribution in [-0.2, 0) is 0 Å². The van der Waals surface area contributed by atoms with Crippen LogP contribution in [0.5, 0.6) is 0 Å². The van der Waals surface area contributed by atoms with Crippen molar-refractivity contribution in [3.05, 3.63) is 36.3 Å². The number of nitrogens with one attached hydrogen (secondary N) is 1. The minimum atomic E-state index is -1.73. The highest BCUT2D eigenvalue weighted by Crippen LogP contribution is 2.37. The van der Waals surface area contributed by atoms with Gasteiger partial charge in [-0.05, 0) is 42.3 Å². The van der Waals surface area contributed by atoms with Gasteiger partial charge in [-0.25, -0.2) is 19.3 Å². The van der Waals surface area contributed by atoms with Crippen molar-refractivity contribution in [1.82, 2.24) is 19.9 Å². The molecule has 3 N–H and O–H groups in total. The molecule has 37 heavy (non-hydrogen) atoms. The molecule has 2 fully saturated rings. The highest BCUT2D eigenvalue weighted by Gasteiger charge is 2.42. The van der Waals surface area contributed by atoms with E-state index in [0.29, 0.717) is 43.6 Å². The van der Waals surface area contributed by atoms with Gasteiger partial charge in [-0.3, -0.25) is 0 Å². The van der Waals surface area contributed by atoms with Crippen molar-refractivity contribution >= 4 is 34.2 Å². The van der Waals surface area contributed by atoms with E-state index in [1.807, 2.05) is 23.2 Å². The average Bonchev–Trinajstić information content (AvgIpc) is 2.83. The second kappa shape index (κ2) is 9.36. The van der Waals surface area contributed by atoms with Gasteiger partial charge in [-0.2, -0.15) is 10.2 Å². The molecule has 5 rings (SSSR count). The molecular weight excluding hydrogens is 475 g/mol. The Balaban J connectivity index is 1.42. The lowest BCUT2D eigenvalue weighted by Crippen LogP contribution is -2.62. The van der Waals surface area contributed by atoms with Crippen LogP contribution in [0.3, 0.4) is 0 Å². The molecule has 0 amide bonds. The molecule has 194 valence electrons. The van der Waals surface area contributed by atoms with Crippen LogP contribution >= 0.6 is 0 Å². The van der Waals surface area contributed by atoms with Crippen LogP contribution < -0.4 is 15.1 Å².